The Morgan fingerprint density at radius 3 is 2.73 bits per heavy atom. The van der Waals surface area contributed by atoms with Crippen LogP contribution in [-0.4, -0.2) is 25.5 Å². The van der Waals surface area contributed by atoms with E-state index in [2.05, 4.69) is 15.5 Å². The van der Waals surface area contributed by atoms with Gasteiger partial charge in [0.05, 0.1) is 12.4 Å². The van der Waals surface area contributed by atoms with Crippen molar-refractivity contribution in [2.24, 2.45) is 7.05 Å². The number of aromatic nitrogens is 4. The Labute approximate surface area is 150 Å². The average Bonchev–Trinajstić information content (AvgIpc) is 3.16. The highest BCUT2D eigenvalue weighted by molar-refractivity contribution is 5.89. The normalized spacial score (nSPS) is 10.7. The third-order valence-electron chi connectivity index (χ3n) is 3.83. The second kappa shape index (κ2) is 7.81. The van der Waals surface area contributed by atoms with E-state index in [0.717, 1.165) is 5.69 Å². The fraction of sp³-hybridized carbons (Fsp3) is 0.278. The Kier molecular flexibility index (Phi) is 5.31. The number of rotatable bonds is 7. The van der Waals surface area contributed by atoms with E-state index in [1.54, 1.807) is 33.9 Å². The van der Waals surface area contributed by atoms with E-state index in [4.69, 9.17) is 4.74 Å². The van der Waals surface area contributed by atoms with Gasteiger partial charge in [-0.25, -0.2) is 4.39 Å². The molecule has 0 bridgehead atoms. The van der Waals surface area contributed by atoms with Gasteiger partial charge >= 0.3 is 0 Å². The molecule has 0 atom stereocenters. The highest BCUT2D eigenvalue weighted by Gasteiger charge is 2.07. The van der Waals surface area contributed by atoms with Gasteiger partial charge in [0.15, 0.2) is 11.6 Å². The first-order chi connectivity index (χ1) is 12.5. The molecule has 7 nitrogen and oxygen atoms in total. The minimum absolute atomic E-state index is 0.0851. The summed E-state index contributed by atoms with van der Waals surface area (Å²) in [6.45, 7) is 2.51. The van der Waals surface area contributed by atoms with Crippen LogP contribution in [0.4, 0.5) is 10.2 Å². The number of aryl methyl sites for hydroxylation is 3. The molecular formula is C18H20FN5O2. The number of nitrogens with zero attached hydrogens (tertiary/aromatic N) is 4. The van der Waals surface area contributed by atoms with Gasteiger partial charge in [-0.3, -0.25) is 14.2 Å². The molecule has 0 aliphatic heterocycles. The Morgan fingerprint density at radius 2 is 2.04 bits per heavy atom. The highest BCUT2D eigenvalue weighted by atomic mass is 19.1. The van der Waals surface area contributed by atoms with E-state index in [9.17, 15) is 9.18 Å². The van der Waals surface area contributed by atoms with Crippen LogP contribution in [0, 0.1) is 12.7 Å². The van der Waals surface area contributed by atoms with Gasteiger partial charge in [-0.15, -0.1) is 0 Å². The molecule has 0 saturated carbocycles. The summed E-state index contributed by atoms with van der Waals surface area (Å²) in [5, 5.41) is 11.2. The van der Waals surface area contributed by atoms with Gasteiger partial charge in [-0.2, -0.15) is 10.2 Å². The van der Waals surface area contributed by atoms with E-state index in [1.807, 2.05) is 20.0 Å². The zero-order valence-electron chi connectivity index (χ0n) is 14.6. The van der Waals surface area contributed by atoms with Crippen LogP contribution in [-0.2, 0) is 18.4 Å². The Morgan fingerprint density at radius 1 is 1.27 bits per heavy atom. The van der Waals surface area contributed by atoms with E-state index in [1.165, 1.54) is 12.1 Å². The Bertz CT molecular complexity index is 866. The summed E-state index contributed by atoms with van der Waals surface area (Å²) in [4.78, 5) is 12.0. The lowest BCUT2D eigenvalue weighted by Crippen LogP contribution is -2.13. The number of carbonyl (C=O) groups excluding carboxylic acids is 1. The van der Waals surface area contributed by atoms with Gasteiger partial charge in [0.2, 0.25) is 5.91 Å². The second-order valence-corrected chi connectivity index (χ2v) is 5.94. The zero-order chi connectivity index (χ0) is 18.5. The minimum atomic E-state index is -0.313. The molecule has 2 heterocycles. The van der Waals surface area contributed by atoms with E-state index >= 15 is 0 Å². The molecule has 26 heavy (non-hydrogen) atoms. The summed E-state index contributed by atoms with van der Waals surface area (Å²) < 4.78 is 21.9. The first kappa shape index (κ1) is 17.7. The molecule has 0 aliphatic rings. The Hall–Kier alpha value is -3.16. The number of carbonyl (C=O) groups is 1. The number of benzene rings is 1. The van der Waals surface area contributed by atoms with E-state index in [-0.39, 0.29) is 11.7 Å². The van der Waals surface area contributed by atoms with Crippen molar-refractivity contribution >= 4 is 11.7 Å². The van der Waals surface area contributed by atoms with Crippen molar-refractivity contribution in [1.82, 2.24) is 19.6 Å². The van der Waals surface area contributed by atoms with Crippen molar-refractivity contribution in [3.8, 4) is 11.5 Å². The molecule has 1 N–H and O–H groups in total. The van der Waals surface area contributed by atoms with Crippen LogP contribution < -0.4 is 10.1 Å². The summed E-state index contributed by atoms with van der Waals surface area (Å²) in [6.07, 6.45) is 4.32. The predicted molar refractivity (Wildman–Crippen MR) is 94.5 cm³/mol. The van der Waals surface area contributed by atoms with Crippen molar-refractivity contribution in [3.05, 3.63) is 54.2 Å². The molecule has 1 amide bonds. The summed E-state index contributed by atoms with van der Waals surface area (Å²) in [5.41, 5.74) is 0.977. The average molecular weight is 357 g/mol. The van der Waals surface area contributed by atoms with Crippen molar-refractivity contribution in [1.29, 1.82) is 0 Å². The number of ether oxygens (including phenoxy) is 1. The number of anilines is 1. The fourth-order valence-electron chi connectivity index (χ4n) is 2.39. The second-order valence-electron chi connectivity index (χ2n) is 5.94. The topological polar surface area (TPSA) is 74.0 Å². The van der Waals surface area contributed by atoms with Crippen molar-refractivity contribution < 1.29 is 13.9 Å². The molecule has 2 aromatic heterocycles. The van der Waals surface area contributed by atoms with Crippen LogP contribution in [0.5, 0.6) is 11.5 Å². The molecular weight excluding hydrogens is 337 g/mol. The largest absolute Gasteiger partial charge is 0.454 e. The lowest BCUT2D eigenvalue weighted by molar-refractivity contribution is -0.116. The summed E-state index contributed by atoms with van der Waals surface area (Å²) in [6, 6.07) is 7.60. The third kappa shape index (κ3) is 4.69. The lowest BCUT2D eigenvalue weighted by atomic mass is 10.3. The van der Waals surface area contributed by atoms with Gasteiger partial charge in [-0.05, 0) is 37.6 Å². The minimum Gasteiger partial charge on any atom is -0.454 e. The smallest absolute Gasteiger partial charge is 0.225 e. The van der Waals surface area contributed by atoms with E-state index < -0.39 is 0 Å². The zero-order valence-corrected chi connectivity index (χ0v) is 14.6. The van der Waals surface area contributed by atoms with Crippen LogP contribution in [0.2, 0.25) is 0 Å². The lowest BCUT2D eigenvalue weighted by Gasteiger charge is -2.03. The molecule has 3 aromatic rings. The monoisotopic (exact) mass is 357 g/mol. The molecule has 0 radical (unpaired) electrons. The number of nitrogens with one attached hydrogen (secondary N) is 1. The van der Waals surface area contributed by atoms with Crippen LogP contribution in [0.1, 0.15) is 18.5 Å². The quantitative estimate of drug-likeness (QED) is 0.704. The van der Waals surface area contributed by atoms with Gasteiger partial charge < -0.3 is 10.1 Å². The summed E-state index contributed by atoms with van der Waals surface area (Å²) in [5.74, 6) is 1.26. The molecule has 0 aliphatic carbocycles. The molecule has 1 aromatic carbocycles. The van der Waals surface area contributed by atoms with Crippen LogP contribution in [0.25, 0.3) is 0 Å². The molecule has 0 unspecified atom stereocenters. The molecule has 0 spiro atoms. The first-order valence-corrected chi connectivity index (χ1v) is 8.26. The molecule has 8 heteroatoms. The van der Waals surface area contributed by atoms with Gasteiger partial charge in [0.25, 0.3) is 0 Å². The van der Waals surface area contributed by atoms with Crippen molar-refractivity contribution in [2.75, 3.05) is 5.32 Å². The SMILES string of the molecule is Cc1cc(NC(=O)CCCn2cc(Oc3ccc(F)cc3)cn2)nn1C. The summed E-state index contributed by atoms with van der Waals surface area (Å²) >= 11 is 0. The Balaban J connectivity index is 1.44. The fourth-order valence-corrected chi connectivity index (χ4v) is 2.39. The maximum Gasteiger partial charge on any atom is 0.225 e. The van der Waals surface area contributed by atoms with Crippen LogP contribution in [0.3, 0.4) is 0 Å². The number of amides is 1. The highest BCUT2D eigenvalue weighted by Crippen LogP contribution is 2.20. The maximum atomic E-state index is 12.9. The van der Waals surface area contributed by atoms with Crippen LogP contribution in [0.15, 0.2) is 42.7 Å². The van der Waals surface area contributed by atoms with Gasteiger partial charge in [0.1, 0.15) is 11.6 Å². The van der Waals surface area contributed by atoms with E-state index in [0.29, 0.717) is 36.7 Å². The standard InChI is InChI=1S/C18H20FN5O2/c1-13-10-17(22-23(13)2)21-18(25)4-3-9-24-12-16(11-20-24)26-15-7-5-14(19)6-8-15/h5-8,10-12H,3-4,9H2,1-2H3,(H,21,22,25). The number of halogens is 1. The molecule has 136 valence electrons. The number of hydrogen-bond donors (Lipinski definition) is 1. The van der Waals surface area contributed by atoms with Gasteiger partial charge in [0, 0.05) is 31.8 Å². The van der Waals surface area contributed by atoms with Crippen molar-refractivity contribution in [3.63, 3.8) is 0 Å². The number of hydrogen-bond acceptors (Lipinski definition) is 4. The molecule has 3 rings (SSSR count). The maximum absolute atomic E-state index is 12.9. The van der Waals surface area contributed by atoms with Crippen LogP contribution >= 0.6 is 0 Å². The molecule has 0 saturated heterocycles. The third-order valence-corrected chi connectivity index (χ3v) is 3.83. The predicted octanol–water partition coefficient (Wildman–Crippen LogP) is 3.28. The van der Waals surface area contributed by atoms with Gasteiger partial charge in [-0.1, -0.05) is 0 Å². The summed E-state index contributed by atoms with van der Waals surface area (Å²) in [7, 11) is 1.83. The molecule has 0 fully saturated rings. The first-order valence-electron chi connectivity index (χ1n) is 8.26. The van der Waals surface area contributed by atoms with Crippen molar-refractivity contribution in [2.45, 2.75) is 26.3 Å².